The van der Waals surface area contributed by atoms with Crippen LogP contribution < -0.4 is 20.1 Å². The SMILES string of the molecule is CNc1nc(Nc2cc3c(cc2OC)C(C(=O)N2CCOCC2)C(=O)O3)ncc1C(F)(F)F. The summed E-state index contributed by atoms with van der Waals surface area (Å²) in [5.41, 5.74) is -0.441. The van der Waals surface area contributed by atoms with E-state index in [1.54, 1.807) is 4.90 Å². The highest BCUT2D eigenvalue weighted by molar-refractivity contribution is 6.07. The van der Waals surface area contributed by atoms with Crippen molar-refractivity contribution < 1.29 is 37.0 Å². The lowest BCUT2D eigenvalue weighted by atomic mass is 9.98. The predicted octanol–water partition coefficient (Wildman–Crippen LogP) is 2.15. The van der Waals surface area contributed by atoms with Gasteiger partial charge in [-0.05, 0) is 6.07 Å². The average Bonchev–Trinajstić information content (AvgIpc) is 3.12. The van der Waals surface area contributed by atoms with E-state index in [1.807, 2.05) is 0 Å². The van der Waals surface area contributed by atoms with Gasteiger partial charge in [0.15, 0.2) is 5.92 Å². The molecule has 2 N–H and O–H groups in total. The zero-order chi connectivity index (χ0) is 23.8. The van der Waals surface area contributed by atoms with Gasteiger partial charge in [0.1, 0.15) is 22.9 Å². The Morgan fingerprint density at radius 3 is 2.64 bits per heavy atom. The Balaban J connectivity index is 1.64. The number of ether oxygens (including phenoxy) is 3. The van der Waals surface area contributed by atoms with Crippen LogP contribution in [-0.4, -0.2) is 67.2 Å². The maximum absolute atomic E-state index is 13.1. The van der Waals surface area contributed by atoms with Gasteiger partial charge in [-0.3, -0.25) is 9.59 Å². The van der Waals surface area contributed by atoms with Crippen molar-refractivity contribution in [3.05, 3.63) is 29.5 Å². The maximum Gasteiger partial charge on any atom is 0.421 e. The fourth-order valence-corrected chi connectivity index (χ4v) is 3.61. The molecule has 0 bridgehead atoms. The molecule has 1 fully saturated rings. The predicted molar refractivity (Wildman–Crippen MR) is 109 cm³/mol. The van der Waals surface area contributed by atoms with Crippen LogP contribution in [0.15, 0.2) is 18.3 Å². The van der Waals surface area contributed by atoms with Crippen LogP contribution in [0.4, 0.5) is 30.6 Å². The van der Waals surface area contributed by atoms with Gasteiger partial charge in [-0.1, -0.05) is 0 Å². The second kappa shape index (κ2) is 8.73. The van der Waals surface area contributed by atoms with Gasteiger partial charge in [-0.2, -0.15) is 18.2 Å². The van der Waals surface area contributed by atoms with Crippen molar-refractivity contribution in [2.24, 2.45) is 0 Å². The van der Waals surface area contributed by atoms with Crippen molar-refractivity contribution in [2.75, 3.05) is 51.1 Å². The van der Waals surface area contributed by atoms with E-state index in [0.29, 0.717) is 38.1 Å². The van der Waals surface area contributed by atoms with Gasteiger partial charge in [0.2, 0.25) is 11.9 Å². The number of nitrogens with zero attached hydrogens (tertiary/aromatic N) is 3. The van der Waals surface area contributed by atoms with Crippen LogP contribution in [0.1, 0.15) is 17.0 Å². The molecule has 1 saturated heterocycles. The molecule has 0 aliphatic carbocycles. The minimum atomic E-state index is -4.63. The Bertz CT molecular complexity index is 1090. The molecule has 2 aliphatic heterocycles. The zero-order valence-electron chi connectivity index (χ0n) is 17.7. The van der Waals surface area contributed by atoms with Crippen LogP contribution >= 0.6 is 0 Å². The number of benzene rings is 1. The lowest BCUT2D eigenvalue weighted by Crippen LogP contribution is -2.44. The van der Waals surface area contributed by atoms with Crippen molar-refractivity contribution >= 4 is 29.3 Å². The van der Waals surface area contributed by atoms with E-state index >= 15 is 0 Å². The number of hydrogen-bond donors (Lipinski definition) is 2. The van der Waals surface area contributed by atoms with Gasteiger partial charge in [0.25, 0.3) is 0 Å². The molecule has 0 saturated carbocycles. The Labute approximate surface area is 186 Å². The van der Waals surface area contributed by atoms with E-state index in [2.05, 4.69) is 20.6 Å². The number of esters is 1. The molecule has 33 heavy (non-hydrogen) atoms. The Morgan fingerprint density at radius 1 is 1.27 bits per heavy atom. The van der Waals surface area contributed by atoms with E-state index in [-0.39, 0.29) is 23.1 Å². The molecule has 1 aromatic carbocycles. The topological polar surface area (TPSA) is 115 Å². The molecule has 0 spiro atoms. The molecule has 1 amide bonds. The first-order valence-corrected chi connectivity index (χ1v) is 9.92. The molecule has 10 nitrogen and oxygen atoms in total. The third-order valence-corrected chi connectivity index (χ3v) is 5.24. The molecule has 176 valence electrons. The molecular formula is C20H20F3N5O5. The highest BCUT2D eigenvalue weighted by Crippen LogP contribution is 2.43. The summed E-state index contributed by atoms with van der Waals surface area (Å²) in [4.78, 5) is 34.5. The number of amides is 1. The molecule has 3 heterocycles. The third kappa shape index (κ3) is 4.35. The number of alkyl halides is 3. The minimum Gasteiger partial charge on any atom is -0.495 e. The number of carbonyl (C=O) groups excluding carboxylic acids is 2. The quantitative estimate of drug-likeness (QED) is 0.388. The van der Waals surface area contributed by atoms with E-state index in [0.717, 1.165) is 0 Å². The van der Waals surface area contributed by atoms with Gasteiger partial charge >= 0.3 is 12.1 Å². The molecule has 13 heteroatoms. The molecule has 4 rings (SSSR count). The summed E-state index contributed by atoms with van der Waals surface area (Å²) >= 11 is 0. The van der Waals surface area contributed by atoms with Crippen molar-refractivity contribution in [1.82, 2.24) is 14.9 Å². The first-order valence-electron chi connectivity index (χ1n) is 9.92. The fraction of sp³-hybridized carbons (Fsp3) is 0.400. The molecule has 2 aromatic rings. The standard InChI is InChI=1S/C20H20F3N5O5/c1-24-16-11(20(21,22)23)9-25-19(27-16)26-12-8-13-10(7-14(12)31-2)15(18(30)33-13)17(29)28-3-5-32-6-4-28/h7-9,15H,3-6H2,1-2H3,(H2,24,25,26,27). The number of aromatic nitrogens is 2. The van der Waals surface area contributed by atoms with Gasteiger partial charge in [-0.15, -0.1) is 0 Å². The molecule has 1 unspecified atom stereocenters. The summed E-state index contributed by atoms with van der Waals surface area (Å²) in [5, 5.41) is 5.16. The third-order valence-electron chi connectivity index (χ3n) is 5.24. The Kier molecular flexibility index (Phi) is 5.97. The van der Waals surface area contributed by atoms with Crippen molar-refractivity contribution in [1.29, 1.82) is 0 Å². The van der Waals surface area contributed by atoms with Gasteiger partial charge in [-0.25, -0.2) is 4.98 Å². The summed E-state index contributed by atoms with van der Waals surface area (Å²) in [6, 6.07) is 2.90. The Morgan fingerprint density at radius 2 is 2.00 bits per heavy atom. The monoisotopic (exact) mass is 467 g/mol. The summed E-state index contributed by atoms with van der Waals surface area (Å²) in [7, 11) is 2.68. The number of halogens is 3. The number of methoxy groups -OCH3 is 1. The summed E-state index contributed by atoms with van der Waals surface area (Å²) in [5.74, 6) is -2.45. The van der Waals surface area contributed by atoms with Crippen LogP contribution in [-0.2, 0) is 20.5 Å². The lowest BCUT2D eigenvalue weighted by molar-refractivity contribution is -0.145. The molecule has 1 aromatic heterocycles. The number of anilines is 3. The molecule has 2 aliphatic rings. The second-order valence-electron chi connectivity index (χ2n) is 7.21. The van der Waals surface area contributed by atoms with Crippen LogP contribution in [0.5, 0.6) is 11.5 Å². The maximum atomic E-state index is 13.1. The first-order chi connectivity index (χ1) is 15.7. The summed E-state index contributed by atoms with van der Waals surface area (Å²) in [6.45, 7) is 1.50. The minimum absolute atomic E-state index is 0.135. The number of morpholine rings is 1. The summed E-state index contributed by atoms with van der Waals surface area (Å²) in [6.07, 6.45) is -3.98. The lowest BCUT2D eigenvalue weighted by Gasteiger charge is -2.28. The van der Waals surface area contributed by atoms with Crippen molar-refractivity contribution in [3.63, 3.8) is 0 Å². The number of nitrogens with one attached hydrogen (secondary N) is 2. The van der Waals surface area contributed by atoms with E-state index < -0.39 is 35.4 Å². The average molecular weight is 467 g/mol. The molecule has 1 atom stereocenters. The smallest absolute Gasteiger partial charge is 0.421 e. The van der Waals surface area contributed by atoms with Crippen LogP contribution in [0.3, 0.4) is 0 Å². The largest absolute Gasteiger partial charge is 0.495 e. The van der Waals surface area contributed by atoms with Gasteiger partial charge < -0.3 is 29.7 Å². The van der Waals surface area contributed by atoms with E-state index in [9.17, 15) is 22.8 Å². The zero-order valence-corrected chi connectivity index (χ0v) is 17.7. The van der Waals surface area contributed by atoms with Crippen molar-refractivity contribution in [2.45, 2.75) is 12.1 Å². The highest BCUT2D eigenvalue weighted by Gasteiger charge is 2.42. The number of fused-ring (bicyclic) bond motifs is 1. The normalized spacial score (nSPS) is 17.9. The van der Waals surface area contributed by atoms with Crippen LogP contribution in [0, 0.1) is 0 Å². The fourth-order valence-electron chi connectivity index (χ4n) is 3.61. The number of carbonyl (C=O) groups is 2. The van der Waals surface area contributed by atoms with Gasteiger partial charge in [0, 0.05) is 38.0 Å². The number of rotatable bonds is 5. The first kappa shape index (κ1) is 22.6. The van der Waals surface area contributed by atoms with Crippen LogP contribution in [0.2, 0.25) is 0 Å². The summed E-state index contributed by atoms with van der Waals surface area (Å²) < 4.78 is 55.2. The second-order valence-corrected chi connectivity index (χ2v) is 7.21. The van der Waals surface area contributed by atoms with Crippen molar-refractivity contribution in [3.8, 4) is 11.5 Å². The van der Waals surface area contributed by atoms with Gasteiger partial charge in [0.05, 0.1) is 26.0 Å². The Hall–Kier alpha value is -3.61. The molecular weight excluding hydrogens is 447 g/mol. The number of hydrogen-bond acceptors (Lipinski definition) is 9. The van der Waals surface area contributed by atoms with Crippen LogP contribution in [0.25, 0.3) is 0 Å². The highest BCUT2D eigenvalue weighted by atomic mass is 19.4. The van der Waals surface area contributed by atoms with E-state index in [1.165, 1.54) is 26.3 Å². The van der Waals surface area contributed by atoms with E-state index in [4.69, 9.17) is 14.2 Å². The molecule has 0 radical (unpaired) electrons.